The average molecular weight is 387 g/mol. The predicted octanol–water partition coefficient (Wildman–Crippen LogP) is 4.36. The Balaban J connectivity index is 1.43. The van der Waals surface area contributed by atoms with Gasteiger partial charge in [0, 0.05) is 18.0 Å². The number of halogens is 1. The molecular formula is C23H18FN3O2. The smallest absolute Gasteiger partial charge is 0.310 e. The quantitative estimate of drug-likeness (QED) is 0.461. The summed E-state index contributed by atoms with van der Waals surface area (Å²) in [7, 11) is 0. The number of aromatic nitrogens is 3. The first-order chi connectivity index (χ1) is 14.2. The Hall–Kier alpha value is -3.80. The van der Waals surface area contributed by atoms with E-state index in [4.69, 9.17) is 4.74 Å². The van der Waals surface area contributed by atoms with Gasteiger partial charge in [-0.3, -0.25) is 9.78 Å². The Morgan fingerprint density at radius 3 is 2.59 bits per heavy atom. The number of hydrogen-bond donors (Lipinski definition) is 0. The van der Waals surface area contributed by atoms with E-state index in [1.165, 1.54) is 10.7 Å². The van der Waals surface area contributed by atoms with Gasteiger partial charge in [-0.1, -0.05) is 42.5 Å². The van der Waals surface area contributed by atoms with E-state index < -0.39 is 11.8 Å². The van der Waals surface area contributed by atoms with Crippen LogP contribution in [0.15, 0.2) is 85.3 Å². The molecule has 4 aromatic rings. The van der Waals surface area contributed by atoms with Crippen LogP contribution in [0.1, 0.15) is 11.1 Å². The van der Waals surface area contributed by atoms with Crippen molar-refractivity contribution in [1.29, 1.82) is 0 Å². The van der Waals surface area contributed by atoms with E-state index in [9.17, 15) is 9.18 Å². The third-order valence-corrected chi connectivity index (χ3v) is 4.39. The zero-order valence-electron chi connectivity index (χ0n) is 15.5. The summed E-state index contributed by atoms with van der Waals surface area (Å²) in [5.41, 5.74) is 3.30. The Morgan fingerprint density at radius 1 is 1.00 bits per heavy atom. The van der Waals surface area contributed by atoms with Gasteiger partial charge in [-0.15, -0.1) is 0 Å². The molecule has 0 atom stereocenters. The van der Waals surface area contributed by atoms with Crippen LogP contribution in [0.3, 0.4) is 0 Å². The summed E-state index contributed by atoms with van der Waals surface area (Å²) in [6.45, 7) is 0.198. The second-order valence-electron chi connectivity index (χ2n) is 6.50. The Morgan fingerprint density at radius 2 is 1.83 bits per heavy atom. The molecule has 0 fully saturated rings. The van der Waals surface area contributed by atoms with E-state index in [0.717, 1.165) is 16.8 Å². The molecule has 0 saturated carbocycles. The lowest BCUT2D eigenvalue weighted by Gasteiger charge is -2.07. The normalized spacial score (nSPS) is 10.7. The van der Waals surface area contributed by atoms with Gasteiger partial charge in [0.2, 0.25) is 0 Å². The van der Waals surface area contributed by atoms with Gasteiger partial charge in [-0.2, -0.15) is 5.10 Å². The average Bonchev–Trinajstić information content (AvgIpc) is 3.24. The van der Waals surface area contributed by atoms with E-state index in [-0.39, 0.29) is 13.0 Å². The van der Waals surface area contributed by atoms with Crippen molar-refractivity contribution >= 4 is 5.97 Å². The molecule has 29 heavy (non-hydrogen) atoms. The number of esters is 1. The molecule has 0 unspecified atom stereocenters. The fourth-order valence-electron chi connectivity index (χ4n) is 2.92. The third kappa shape index (κ3) is 4.55. The number of rotatable bonds is 6. The number of ether oxygens (including phenoxy) is 1. The van der Waals surface area contributed by atoms with Crippen LogP contribution in [0, 0.1) is 5.82 Å². The maximum absolute atomic E-state index is 14.6. The first-order valence-electron chi connectivity index (χ1n) is 9.13. The summed E-state index contributed by atoms with van der Waals surface area (Å²) >= 11 is 0. The highest BCUT2D eigenvalue weighted by molar-refractivity contribution is 5.72. The highest BCUT2D eigenvalue weighted by Crippen LogP contribution is 2.20. The van der Waals surface area contributed by atoms with Crippen molar-refractivity contribution in [1.82, 2.24) is 14.8 Å². The molecule has 6 heteroatoms. The van der Waals surface area contributed by atoms with Crippen LogP contribution >= 0.6 is 0 Å². The Kier molecular flexibility index (Phi) is 5.42. The van der Waals surface area contributed by atoms with Gasteiger partial charge in [0.25, 0.3) is 0 Å². The minimum Gasteiger partial charge on any atom is -0.461 e. The van der Waals surface area contributed by atoms with E-state index in [1.807, 2.05) is 48.5 Å². The van der Waals surface area contributed by atoms with Crippen molar-refractivity contribution in [2.45, 2.75) is 13.0 Å². The van der Waals surface area contributed by atoms with Crippen molar-refractivity contribution in [3.8, 4) is 16.9 Å². The largest absolute Gasteiger partial charge is 0.461 e. The van der Waals surface area contributed by atoms with Crippen molar-refractivity contribution in [2.24, 2.45) is 0 Å². The number of carbonyl (C=O) groups is 1. The maximum atomic E-state index is 14.6. The summed E-state index contributed by atoms with van der Waals surface area (Å²) < 4.78 is 21.3. The van der Waals surface area contributed by atoms with Gasteiger partial charge in [-0.05, 0) is 35.4 Å². The summed E-state index contributed by atoms with van der Waals surface area (Å²) in [6, 6.07) is 19.6. The zero-order valence-corrected chi connectivity index (χ0v) is 15.5. The molecule has 0 saturated heterocycles. The Labute approximate surface area is 167 Å². The van der Waals surface area contributed by atoms with Crippen molar-refractivity contribution < 1.29 is 13.9 Å². The molecule has 0 bridgehead atoms. The van der Waals surface area contributed by atoms with E-state index in [2.05, 4.69) is 10.1 Å². The molecule has 0 radical (unpaired) electrons. The molecule has 144 valence electrons. The van der Waals surface area contributed by atoms with Gasteiger partial charge in [0.1, 0.15) is 18.1 Å². The number of carbonyl (C=O) groups excluding carboxylic acids is 1. The summed E-state index contributed by atoms with van der Waals surface area (Å²) in [4.78, 5) is 16.3. The molecule has 0 aliphatic rings. The van der Waals surface area contributed by atoms with Crippen LogP contribution in [0.25, 0.3) is 16.9 Å². The monoisotopic (exact) mass is 387 g/mol. The lowest BCUT2D eigenvalue weighted by Crippen LogP contribution is -2.09. The van der Waals surface area contributed by atoms with Gasteiger partial charge in [-0.25, -0.2) is 9.07 Å². The number of hydrogen-bond acceptors (Lipinski definition) is 4. The number of nitrogens with zero attached hydrogens (tertiary/aromatic N) is 3. The molecule has 0 aliphatic carbocycles. The molecule has 2 aromatic carbocycles. The molecule has 2 heterocycles. The molecule has 0 amide bonds. The van der Waals surface area contributed by atoms with E-state index in [1.54, 1.807) is 30.7 Å². The topological polar surface area (TPSA) is 57.0 Å². The molecule has 5 nitrogen and oxygen atoms in total. The predicted molar refractivity (Wildman–Crippen MR) is 107 cm³/mol. The fraction of sp³-hybridized carbons (Fsp3) is 0.0870. The maximum Gasteiger partial charge on any atom is 0.310 e. The molecule has 4 rings (SSSR count). The standard InChI is InChI=1S/C23H18FN3O2/c24-20-12-18(13-23(28)29-16-17-6-2-1-3-7-17)9-10-22(20)27-15-19(14-26-27)21-8-4-5-11-25-21/h1-12,14-15H,13,16H2. The van der Waals surface area contributed by atoms with Crippen molar-refractivity contribution in [2.75, 3.05) is 0 Å². The molecule has 0 N–H and O–H groups in total. The lowest BCUT2D eigenvalue weighted by atomic mass is 10.1. The minimum atomic E-state index is -0.464. The van der Waals surface area contributed by atoms with Crippen LogP contribution in [-0.2, 0) is 22.6 Å². The zero-order chi connectivity index (χ0) is 20.1. The fourth-order valence-corrected chi connectivity index (χ4v) is 2.92. The minimum absolute atomic E-state index is 0.00231. The second kappa shape index (κ2) is 8.48. The molecular weight excluding hydrogens is 369 g/mol. The Bertz CT molecular complexity index is 1110. The van der Waals surface area contributed by atoms with E-state index in [0.29, 0.717) is 11.3 Å². The molecule has 0 spiro atoms. The van der Waals surface area contributed by atoms with Crippen LogP contribution in [0.2, 0.25) is 0 Å². The van der Waals surface area contributed by atoms with Crippen molar-refractivity contribution in [3.05, 3.63) is 102 Å². The first kappa shape index (κ1) is 18.6. The van der Waals surface area contributed by atoms with Gasteiger partial charge in [0.15, 0.2) is 0 Å². The van der Waals surface area contributed by atoms with Crippen LogP contribution in [0.5, 0.6) is 0 Å². The van der Waals surface area contributed by atoms with Gasteiger partial charge in [0.05, 0.1) is 18.3 Å². The van der Waals surface area contributed by atoms with Gasteiger partial charge >= 0.3 is 5.97 Å². The lowest BCUT2D eigenvalue weighted by molar-refractivity contribution is -0.144. The molecule has 0 aliphatic heterocycles. The summed E-state index contributed by atoms with van der Waals surface area (Å²) in [5.74, 6) is -0.869. The highest BCUT2D eigenvalue weighted by atomic mass is 19.1. The molecule has 2 aromatic heterocycles. The van der Waals surface area contributed by atoms with E-state index >= 15 is 0 Å². The second-order valence-corrected chi connectivity index (χ2v) is 6.50. The van der Waals surface area contributed by atoms with Gasteiger partial charge < -0.3 is 4.74 Å². The van der Waals surface area contributed by atoms with Crippen LogP contribution < -0.4 is 0 Å². The summed E-state index contributed by atoms with van der Waals surface area (Å²) in [5, 5.41) is 4.22. The SMILES string of the molecule is O=C(Cc1ccc(-n2cc(-c3ccccn3)cn2)c(F)c1)OCc1ccccc1. The van der Waals surface area contributed by atoms with Crippen molar-refractivity contribution in [3.63, 3.8) is 0 Å². The van der Waals surface area contributed by atoms with Crippen LogP contribution in [-0.4, -0.2) is 20.7 Å². The van der Waals surface area contributed by atoms with Crippen LogP contribution in [0.4, 0.5) is 4.39 Å². The first-order valence-corrected chi connectivity index (χ1v) is 9.13. The third-order valence-electron chi connectivity index (χ3n) is 4.39. The highest BCUT2D eigenvalue weighted by Gasteiger charge is 2.12. The number of pyridine rings is 1. The summed E-state index contributed by atoms with van der Waals surface area (Å²) in [6.07, 6.45) is 5.05. The number of benzene rings is 2.